The first-order valence-electron chi connectivity index (χ1n) is 4.34. The molecule has 0 heterocycles. The lowest BCUT2D eigenvalue weighted by atomic mass is 10.1. The van der Waals surface area contributed by atoms with Crippen molar-refractivity contribution in [1.82, 2.24) is 10.6 Å². The molecular formula is C10H13BrN2O. The number of urea groups is 1. The number of benzene rings is 1. The molecule has 14 heavy (non-hydrogen) atoms. The molecular weight excluding hydrogens is 244 g/mol. The van der Waals surface area contributed by atoms with E-state index in [0.717, 1.165) is 15.6 Å². The quantitative estimate of drug-likeness (QED) is 0.837. The molecule has 0 fully saturated rings. The van der Waals surface area contributed by atoms with E-state index < -0.39 is 0 Å². The van der Waals surface area contributed by atoms with E-state index in [-0.39, 0.29) is 6.03 Å². The first-order valence-corrected chi connectivity index (χ1v) is 5.13. The number of rotatable bonds is 2. The van der Waals surface area contributed by atoms with Crippen molar-refractivity contribution in [3.63, 3.8) is 0 Å². The van der Waals surface area contributed by atoms with Crippen molar-refractivity contribution in [3.8, 4) is 0 Å². The summed E-state index contributed by atoms with van der Waals surface area (Å²) >= 11 is 3.39. The van der Waals surface area contributed by atoms with E-state index in [1.54, 1.807) is 7.05 Å². The summed E-state index contributed by atoms with van der Waals surface area (Å²) < 4.78 is 1.05. The SMILES string of the molecule is CNC(=O)NCc1ccc(Br)cc1C. The average Bonchev–Trinajstić information content (AvgIpc) is 2.16. The second-order valence-corrected chi connectivity index (χ2v) is 3.92. The van der Waals surface area contributed by atoms with Crippen LogP contribution in [0.2, 0.25) is 0 Å². The Balaban J connectivity index is 2.63. The Morgan fingerprint density at radius 2 is 2.21 bits per heavy atom. The number of nitrogens with one attached hydrogen (secondary N) is 2. The minimum absolute atomic E-state index is 0.160. The summed E-state index contributed by atoms with van der Waals surface area (Å²) in [6.45, 7) is 2.57. The van der Waals surface area contributed by atoms with Gasteiger partial charge in [0.05, 0.1) is 0 Å². The van der Waals surface area contributed by atoms with Crippen molar-refractivity contribution in [2.75, 3.05) is 7.05 Å². The Hall–Kier alpha value is -1.03. The van der Waals surface area contributed by atoms with E-state index >= 15 is 0 Å². The van der Waals surface area contributed by atoms with Crippen LogP contribution < -0.4 is 10.6 Å². The molecule has 0 saturated heterocycles. The van der Waals surface area contributed by atoms with Gasteiger partial charge in [0.1, 0.15) is 0 Å². The second kappa shape index (κ2) is 5.00. The molecule has 4 heteroatoms. The number of carbonyl (C=O) groups excluding carboxylic acids is 1. The first kappa shape index (κ1) is 11.0. The zero-order valence-corrected chi connectivity index (χ0v) is 9.81. The van der Waals surface area contributed by atoms with Crippen LogP contribution in [-0.4, -0.2) is 13.1 Å². The number of carbonyl (C=O) groups is 1. The van der Waals surface area contributed by atoms with Gasteiger partial charge in [-0.2, -0.15) is 0 Å². The monoisotopic (exact) mass is 256 g/mol. The number of aryl methyl sites for hydroxylation is 1. The Morgan fingerprint density at radius 3 is 2.79 bits per heavy atom. The second-order valence-electron chi connectivity index (χ2n) is 3.00. The summed E-state index contributed by atoms with van der Waals surface area (Å²) in [4.78, 5) is 10.9. The minimum atomic E-state index is -0.160. The minimum Gasteiger partial charge on any atom is -0.341 e. The summed E-state index contributed by atoms with van der Waals surface area (Å²) in [6, 6.07) is 5.83. The van der Waals surface area contributed by atoms with Crippen LogP contribution in [0.5, 0.6) is 0 Å². The van der Waals surface area contributed by atoms with Crippen LogP contribution in [0.25, 0.3) is 0 Å². The summed E-state index contributed by atoms with van der Waals surface area (Å²) in [5.41, 5.74) is 2.28. The molecule has 1 aromatic rings. The van der Waals surface area contributed by atoms with Gasteiger partial charge in [0.15, 0.2) is 0 Å². The standard InChI is InChI=1S/C10H13BrN2O/c1-7-5-9(11)4-3-8(7)6-13-10(14)12-2/h3-5H,6H2,1-2H3,(H2,12,13,14). The molecule has 0 aliphatic rings. The van der Waals surface area contributed by atoms with Crippen LogP contribution in [-0.2, 0) is 6.54 Å². The number of hydrogen-bond acceptors (Lipinski definition) is 1. The summed E-state index contributed by atoms with van der Waals surface area (Å²) in [5, 5.41) is 5.25. The maximum atomic E-state index is 10.9. The van der Waals surface area contributed by atoms with Gasteiger partial charge >= 0.3 is 6.03 Å². The van der Waals surface area contributed by atoms with Crippen molar-refractivity contribution in [2.45, 2.75) is 13.5 Å². The predicted octanol–water partition coefficient (Wildman–Crippen LogP) is 2.19. The maximum Gasteiger partial charge on any atom is 0.314 e. The molecule has 0 atom stereocenters. The average molecular weight is 257 g/mol. The number of amides is 2. The van der Waals surface area contributed by atoms with E-state index in [1.165, 1.54) is 0 Å². The molecule has 0 aliphatic carbocycles. The zero-order chi connectivity index (χ0) is 10.6. The van der Waals surface area contributed by atoms with E-state index in [9.17, 15) is 4.79 Å². The van der Waals surface area contributed by atoms with E-state index in [0.29, 0.717) is 6.54 Å². The number of halogens is 1. The van der Waals surface area contributed by atoms with Crippen molar-refractivity contribution in [3.05, 3.63) is 33.8 Å². The van der Waals surface area contributed by atoms with Gasteiger partial charge in [-0.3, -0.25) is 0 Å². The molecule has 0 radical (unpaired) electrons. The topological polar surface area (TPSA) is 41.1 Å². The molecule has 2 N–H and O–H groups in total. The summed E-state index contributed by atoms with van der Waals surface area (Å²) in [6.07, 6.45) is 0. The molecule has 0 aliphatic heterocycles. The van der Waals surface area contributed by atoms with E-state index in [1.807, 2.05) is 25.1 Å². The predicted molar refractivity (Wildman–Crippen MR) is 60.2 cm³/mol. The van der Waals surface area contributed by atoms with Crippen LogP contribution in [0, 0.1) is 6.92 Å². The molecule has 0 spiro atoms. The Kier molecular flexibility index (Phi) is 3.95. The molecule has 0 bridgehead atoms. The fourth-order valence-corrected chi connectivity index (χ4v) is 1.60. The fourth-order valence-electron chi connectivity index (χ4n) is 1.12. The highest BCUT2D eigenvalue weighted by Crippen LogP contribution is 2.15. The van der Waals surface area contributed by atoms with Crippen LogP contribution >= 0.6 is 15.9 Å². The van der Waals surface area contributed by atoms with Gasteiger partial charge in [-0.25, -0.2) is 4.79 Å². The lowest BCUT2D eigenvalue weighted by molar-refractivity contribution is 0.242. The van der Waals surface area contributed by atoms with E-state index in [2.05, 4.69) is 26.6 Å². The molecule has 0 aromatic heterocycles. The van der Waals surface area contributed by atoms with Crippen LogP contribution in [0.15, 0.2) is 22.7 Å². The highest BCUT2D eigenvalue weighted by atomic mass is 79.9. The normalized spacial score (nSPS) is 9.64. The smallest absolute Gasteiger partial charge is 0.314 e. The van der Waals surface area contributed by atoms with Crippen LogP contribution in [0.1, 0.15) is 11.1 Å². The van der Waals surface area contributed by atoms with Crippen molar-refractivity contribution in [1.29, 1.82) is 0 Å². The molecule has 76 valence electrons. The molecule has 2 amide bonds. The highest BCUT2D eigenvalue weighted by molar-refractivity contribution is 9.10. The molecule has 0 saturated carbocycles. The third kappa shape index (κ3) is 3.03. The van der Waals surface area contributed by atoms with Crippen LogP contribution in [0.3, 0.4) is 0 Å². The third-order valence-corrected chi connectivity index (χ3v) is 2.46. The lowest BCUT2D eigenvalue weighted by Crippen LogP contribution is -2.32. The lowest BCUT2D eigenvalue weighted by Gasteiger charge is -2.07. The number of hydrogen-bond donors (Lipinski definition) is 2. The van der Waals surface area contributed by atoms with E-state index in [4.69, 9.17) is 0 Å². The maximum absolute atomic E-state index is 10.9. The van der Waals surface area contributed by atoms with Crippen molar-refractivity contribution >= 4 is 22.0 Å². The first-order chi connectivity index (χ1) is 6.63. The van der Waals surface area contributed by atoms with Gasteiger partial charge in [-0.05, 0) is 30.2 Å². The zero-order valence-electron chi connectivity index (χ0n) is 8.23. The largest absolute Gasteiger partial charge is 0.341 e. The molecule has 0 unspecified atom stereocenters. The molecule has 1 rings (SSSR count). The van der Waals surface area contributed by atoms with Gasteiger partial charge in [0.25, 0.3) is 0 Å². The van der Waals surface area contributed by atoms with Crippen molar-refractivity contribution < 1.29 is 4.79 Å². The van der Waals surface area contributed by atoms with Gasteiger partial charge < -0.3 is 10.6 Å². The molecule has 3 nitrogen and oxygen atoms in total. The van der Waals surface area contributed by atoms with Gasteiger partial charge in [-0.15, -0.1) is 0 Å². The van der Waals surface area contributed by atoms with Crippen molar-refractivity contribution in [2.24, 2.45) is 0 Å². The Labute approximate surface area is 92.0 Å². The van der Waals surface area contributed by atoms with Gasteiger partial charge in [0.2, 0.25) is 0 Å². The summed E-state index contributed by atoms with van der Waals surface area (Å²) in [7, 11) is 1.60. The fraction of sp³-hybridized carbons (Fsp3) is 0.300. The highest BCUT2D eigenvalue weighted by Gasteiger charge is 2.00. The third-order valence-electron chi connectivity index (χ3n) is 1.97. The Bertz CT molecular complexity index is 339. The van der Waals surface area contributed by atoms with Gasteiger partial charge in [0, 0.05) is 18.1 Å². The van der Waals surface area contributed by atoms with Crippen LogP contribution in [0.4, 0.5) is 4.79 Å². The summed E-state index contributed by atoms with van der Waals surface area (Å²) in [5.74, 6) is 0. The van der Waals surface area contributed by atoms with Gasteiger partial charge in [-0.1, -0.05) is 22.0 Å². The Morgan fingerprint density at radius 1 is 1.50 bits per heavy atom. The molecule has 1 aromatic carbocycles.